The minimum Gasteiger partial charge on any atom is -0.442 e. The van der Waals surface area contributed by atoms with Crippen LogP contribution in [0.1, 0.15) is 51.4 Å². The maximum Gasteiger partial charge on any atom is 0.431 e. The predicted octanol–water partition coefficient (Wildman–Crippen LogP) is 3.20. The fourth-order valence-corrected chi connectivity index (χ4v) is 2.17. The molecule has 1 N–H and O–H groups in total. The zero-order valence-corrected chi connectivity index (χ0v) is 13.4. The first-order valence-electron chi connectivity index (χ1n) is 6.48. The molecular formula is C13H22N2O4S. The first kappa shape index (κ1) is 16.9. The number of hydroxylamine groups is 1. The lowest BCUT2D eigenvalue weighted by atomic mass is 10.2. The van der Waals surface area contributed by atoms with Gasteiger partial charge in [0, 0.05) is 12.0 Å². The predicted molar refractivity (Wildman–Crippen MR) is 76.3 cm³/mol. The molecule has 0 spiro atoms. The van der Waals surface area contributed by atoms with E-state index in [1.165, 1.54) is 11.3 Å². The van der Waals surface area contributed by atoms with Crippen molar-refractivity contribution in [2.75, 3.05) is 6.61 Å². The number of hydrogen-bond donors (Lipinski definition) is 1. The number of amides is 1. The van der Waals surface area contributed by atoms with E-state index in [2.05, 4.69) is 10.5 Å². The van der Waals surface area contributed by atoms with E-state index in [0.29, 0.717) is 6.61 Å². The molecule has 1 heterocycles. The molecule has 0 radical (unpaired) electrons. The molecule has 0 aliphatic rings. The average molecular weight is 302 g/mol. The zero-order chi connectivity index (χ0) is 15.2. The second-order valence-electron chi connectivity index (χ2n) is 5.17. The van der Waals surface area contributed by atoms with Crippen LogP contribution in [0.4, 0.5) is 4.79 Å². The molecule has 0 saturated heterocycles. The molecule has 20 heavy (non-hydrogen) atoms. The van der Waals surface area contributed by atoms with Crippen LogP contribution in [0.15, 0.2) is 5.38 Å². The van der Waals surface area contributed by atoms with Crippen molar-refractivity contribution in [3.05, 3.63) is 16.1 Å². The van der Waals surface area contributed by atoms with Gasteiger partial charge in [0.2, 0.25) is 0 Å². The summed E-state index contributed by atoms with van der Waals surface area (Å²) in [5, 5.41) is 2.77. The third-order valence-corrected chi connectivity index (χ3v) is 3.16. The van der Waals surface area contributed by atoms with Crippen molar-refractivity contribution in [2.24, 2.45) is 0 Å². The number of ether oxygens (including phenoxy) is 2. The highest BCUT2D eigenvalue weighted by Crippen LogP contribution is 2.21. The Balaban J connectivity index is 2.34. The third-order valence-electron chi connectivity index (χ3n) is 2.11. The van der Waals surface area contributed by atoms with Crippen molar-refractivity contribution >= 4 is 17.4 Å². The quantitative estimate of drug-likeness (QED) is 0.817. The molecular weight excluding hydrogens is 280 g/mol. The van der Waals surface area contributed by atoms with Crippen molar-refractivity contribution in [3.63, 3.8) is 0 Å². The second-order valence-corrected chi connectivity index (χ2v) is 6.06. The molecule has 0 unspecified atom stereocenters. The Morgan fingerprint density at radius 3 is 2.80 bits per heavy atom. The summed E-state index contributed by atoms with van der Waals surface area (Å²) in [7, 11) is 0. The lowest BCUT2D eigenvalue weighted by molar-refractivity contribution is -0.0145. The van der Waals surface area contributed by atoms with Gasteiger partial charge >= 0.3 is 6.09 Å². The Morgan fingerprint density at radius 1 is 1.50 bits per heavy atom. The van der Waals surface area contributed by atoms with E-state index in [1.54, 1.807) is 20.8 Å². The standard InChI is InChI=1S/C13H22N2O4S/c1-6-17-9(2)11-14-10(8-20-11)7-18-15-12(16)19-13(3,4)5/h8-9H,6-7H2,1-5H3,(H,15,16)/t9-/m0/s1. The average Bonchev–Trinajstić information content (AvgIpc) is 2.75. The number of nitrogens with zero attached hydrogens (tertiary/aromatic N) is 1. The van der Waals surface area contributed by atoms with Gasteiger partial charge in [0.1, 0.15) is 23.3 Å². The molecule has 1 rings (SSSR count). The van der Waals surface area contributed by atoms with Crippen molar-refractivity contribution < 1.29 is 19.1 Å². The van der Waals surface area contributed by atoms with Crippen LogP contribution in [-0.4, -0.2) is 23.3 Å². The Labute approximate surface area is 123 Å². The highest BCUT2D eigenvalue weighted by Gasteiger charge is 2.16. The van der Waals surface area contributed by atoms with Crippen LogP contribution < -0.4 is 5.48 Å². The van der Waals surface area contributed by atoms with E-state index >= 15 is 0 Å². The minimum absolute atomic E-state index is 0.0300. The molecule has 0 aliphatic heterocycles. The van der Waals surface area contributed by atoms with E-state index in [9.17, 15) is 4.79 Å². The lowest BCUT2D eigenvalue weighted by Crippen LogP contribution is -2.32. The molecule has 0 fully saturated rings. The Hall–Kier alpha value is -1.18. The van der Waals surface area contributed by atoms with E-state index in [1.807, 2.05) is 19.2 Å². The fraction of sp³-hybridized carbons (Fsp3) is 0.692. The van der Waals surface area contributed by atoms with Crippen LogP contribution in [0.25, 0.3) is 0 Å². The van der Waals surface area contributed by atoms with Gasteiger partial charge < -0.3 is 9.47 Å². The number of carbonyl (C=O) groups excluding carboxylic acids is 1. The Kier molecular flexibility index (Phi) is 6.38. The first-order valence-corrected chi connectivity index (χ1v) is 7.36. The van der Waals surface area contributed by atoms with Gasteiger partial charge in [-0.3, -0.25) is 4.84 Å². The fourth-order valence-electron chi connectivity index (χ4n) is 1.36. The minimum atomic E-state index is -0.615. The normalized spacial score (nSPS) is 13.1. The van der Waals surface area contributed by atoms with E-state index in [-0.39, 0.29) is 12.7 Å². The van der Waals surface area contributed by atoms with Gasteiger partial charge in [-0.15, -0.1) is 11.3 Å². The van der Waals surface area contributed by atoms with Crippen molar-refractivity contribution in [1.82, 2.24) is 10.5 Å². The van der Waals surface area contributed by atoms with Crippen LogP contribution in [0.2, 0.25) is 0 Å². The molecule has 0 bridgehead atoms. The summed E-state index contributed by atoms with van der Waals surface area (Å²) >= 11 is 1.51. The number of thiazole rings is 1. The Bertz CT molecular complexity index is 428. The summed E-state index contributed by atoms with van der Waals surface area (Å²) in [5.41, 5.74) is 2.42. The van der Waals surface area contributed by atoms with Crippen LogP contribution in [0.3, 0.4) is 0 Å². The number of rotatable bonds is 6. The monoisotopic (exact) mass is 302 g/mol. The summed E-state index contributed by atoms with van der Waals surface area (Å²) in [5.74, 6) is 0. The first-order chi connectivity index (χ1) is 9.31. The summed E-state index contributed by atoms with van der Waals surface area (Å²) in [6.45, 7) is 10.1. The smallest absolute Gasteiger partial charge is 0.431 e. The van der Waals surface area contributed by atoms with Crippen molar-refractivity contribution in [3.8, 4) is 0 Å². The maximum absolute atomic E-state index is 11.4. The van der Waals surface area contributed by atoms with Crippen LogP contribution >= 0.6 is 11.3 Å². The van der Waals surface area contributed by atoms with Gasteiger partial charge in [-0.25, -0.2) is 9.78 Å². The highest BCUT2D eigenvalue weighted by atomic mass is 32.1. The summed E-state index contributed by atoms with van der Waals surface area (Å²) < 4.78 is 10.5. The number of hydrogen-bond acceptors (Lipinski definition) is 6. The number of carbonyl (C=O) groups is 1. The van der Waals surface area contributed by atoms with Crippen LogP contribution in [0.5, 0.6) is 0 Å². The lowest BCUT2D eigenvalue weighted by Gasteiger charge is -2.19. The van der Waals surface area contributed by atoms with Crippen molar-refractivity contribution in [2.45, 2.75) is 52.9 Å². The van der Waals surface area contributed by atoms with E-state index in [0.717, 1.165) is 10.7 Å². The third kappa shape index (κ3) is 6.31. The van der Waals surface area contributed by atoms with Crippen molar-refractivity contribution in [1.29, 1.82) is 0 Å². The molecule has 6 nitrogen and oxygen atoms in total. The van der Waals surface area contributed by atoms with Gasteiger partial charge in [-0.1, -0.05) is 0 Å². The topological polar surface area (TPSA) is 69.7 Å². The molecule has 1 aromatic rings. The van der Waals surface area contributed by atoms with Gasteiger partial charge in [-0.05, 0) is 34.6 Å². The summed E-state index contributed by atoms with van der Waals surface area (Å²) in [4.78, 5) is 20.8. The van der Waals surface area contributed by atoms with Crippen LogP contribution in [0, 0.1) is 0 Å². The highest BCUT2D eigenvalue weighted by molar-refractivity contribution is 7.09. The maximum atomic E-state index is 11.4. The van der Waals surface area contributed by atoms with Crippen LogP contribution in [-0.2, 0) is 20.9 Å². The SMILES string of the molecule is CCO[C@@H](C)c1nc(CONC(=O)OC(C)(C)C)cs1. The largest absolute Gasteiger partial charge is 0.442 e. The molecule has 1 atom stereocenters. The molecule has 1 aromatic heterocycles. The molecule has 0 saturated carbocycles. The molecule has 0 aliphatic carbocycles. The van der Waals surface area contributed by atoms with E-state index in [4.69, 9.17) is 14.3 Å². The Morgan fingerprint density at radius 2 is 2.20 bits per heavy atom. The van der Waals surface area contributed by atoms with Gasteiger partial charge in [-0.2, -0.15) is 5.48 Å². The number of aromatic nitrogens is 1. The molecule has 114 valence electrons. The summed E-state index contributed by atoms with van der Waals surface area (Å²) in [6, 6.07) is 0. The molecule has 0 aromatic carbocycles. The second kappa shape index (κ2) is 7.56. The molecule has 1 amide bonds. The van der Waals surface area contributed by atoms with E-state index < -0.39 is 11.7 Å². The number of nitrogens with one attached hydrogen (secondary N) is 1. The zero-order valence-electron chi connectivity index (χ0n) is 12.6. The molecule has 7 heteroatoms. The van der Waals surface area contributed by atoms with Gasteiger partial charge in [0.25, 0.3) is 0 Å². The van der Waals surface area contributed by atoms with Gasteiger partial charge in [0.15, 0.2) is 0 Å². The summed E-state index contributed by atoms with van der Waals surface area (Å²) in [6.07, 6.45) is -0.645. The van der Waals surface area contributed by atoms with Gasteiger partial charge in [0.05, 0.1) is 5.69 Å².